The van der Waals surface area contributed by atoms with Crippen molar-refractivity contribution < 1.29 is 13.9 Å². The standard InChI is InChI=1S/C16H14BrFO2/c1-10-3-2-4-12(16(10)18)15(17)11-5-6-13-14(9-11)20-8-7-19-13/h2-6,9,15H,7-8H2,1H3. The zero-order chi connectivity index (χ0) is 14.1. The molecule has 20 heavy (non-hydrogen) atoms. The first-order chi connectivity index (χ1) is 9.66. The first-order valence-electron chi connectivity index (χ1n) is 6.45. The van der Waals surface area contributed by atoms with Gasteiger partial charge in [-0.05, 0) is 30.2 Å². The molecule has 3 rings (SSSR count). The van der Waals surface area contributed by atoms with Crippen LogP contribution in [0.25, 0.3) is 0 Å². The molecule has 0 aromatic heterocycles. The van der Waals surface area contributed by atoms with E-state index in [-0.39, 0.29) is 10.6 Å². The third kappa shape index (κ3) is 2.40. The van der Waals surface area contributed by atoms with Gasteiger partial charge in [-0.15, -0.1) is 0 Å². The first kappa shape index (κ1) is 13.4. The summed E-state index contributed by atoms with van der Waals surface area (Å²) in [4.78, 5) is -0.210. The van der Waals surface area contributed by atoms with Crippen LogP contribution in [0.4, 0.5) is 4.39 Å². The summed E-state index contributed by atoms with van der Waals surface area (Å²) in [7, 11) is 0. The number of fused-ring (bicyclic) bond motifs is 1. The van der Waals surface area contributed by atoms with Crippen LogP contribution in [-0.2, 0) is 0 Å². The second kappa shape index (κ2) is 5.44. The minimum atomic E-state index is -0.210. The van der Waals surface area contributed by atoms with Crippen LogP contribution in [-0.4, -0.2) is 13.2 Å². The molecule has 0 aliphatic carbocycles. The Labute approximate surface area is 125 Å². The van der Waals surface area contributed by atoms with Crippen LogP contribution in [0.2, 0.25) is 0 Å². The van der Waals surface area contributed by atoms with Crippen molar-refractivity contribution in [3.63, 3.8) is 0 Å². The topological polar surface area (TPSA) is 18.5 Å². The number of rotatable bonds is 2. The Hall–Kier alpha value is -1.55. The molecule has 2 aromatic rings. The van der Waals surface area contributed by atoms with Crippen molar-refractivity contribution in [3.05, 3.63) is 58.9 Å². The SMILES string of the molecule is Cc1cccc(C(Br)c2ccc3c(c2)OCCO3)c1F. The number of ether oxygens (including phenoxy) is 2. The van der Waals surface area contributed by atoms with Crippen molar-refractivity contribution in [2.75, 3.05) is 13.2 Å². The average molecular weight is 337 g/mol. The van der Waals surface area contributed by atoms with Gasteiger partial charge in [0.1, 0.15) is 19.0 Å². The quantitative estimate of drug-likeness (QED) is 0.757. The van der Waals surface area contributed by atoms with E-state index in [0.29, 0.717) is 30.1 Å². The van der Waals surface area contributed by atoms with Crippen molar-refractivity contribution in [3.8, 4) is 11.5 Å². The predicted molar refractivity (Wildman–Crippen MR) is 79.3 cm³/mol. The highest BCUT2D eigenvalue weighted by atomic mass is 79.9. The van der Waals surface area contributed by atoms with Gasteiger partial charge >= 0.3 is 0 Å². The monoisotopic (exact) mass is 336 g/mol. The van der Waals surface area contributed by atoms with Crippen LogP contribution in [0.15, 0.2) is 36.4 Å². The van der Waals surface area contributed by atoms with Crippen LogP contribution in [0.5, 0.6) is 11.5 Å². The molecular weight excluding hydrogens is 323 g/mol. The van der Waals surface area contributed by atoms with E-state index < -0.39 is 0 Å². The number of aryl methyl sites for hydroxylation is 1. The first-order valence-corrected chi connectivity index (χ1v) is 7.37. The van der Waals surface area contributed by atoms with Gasteiger partial charge in [-0.3, -0.25) is 0 Å². The number of hydrogen-bond donors (Lipinski definition) is 0. The number of hydrogen-bond acceptors (Lipinski definition) is 2. The fourth-order valence-electron chi connectivity index (χ4n) is 2.26. The molecule has 0 bridgehead atoms. The van der Waals surface area contributed by atoms with Crippen molar-refractivity contribution in [1.29, 1.82) is 0 Å². The van der Waals surface area contributed by atoms with Crippen LogP contribution in [0.3, 0.4) is 0 Å². The van der Waals surface area contributed by atoms with Crippen molar-refractivity contribution >= 4 is 15.9 Å². The average Bonchev–Trinajstić information content (AvgIpc) is 2.49. The molecule has 0 saturated carbocycles. The summed E-state index contributed by atoms with van der Waals surface area (Å²) >= 11 is 3.57. The molecule has 0 fully saturated rings. The summed E-state index contributed by atoms with van der Waals surface area (Å²) in [6.45, 7) is 2.88. The maximum atomic E-state index is 14.2. The molecule has 0 spiro atoms. The second-order valence-electron chi connectivity index (χ2n) is 4.74. The minimum Gasteiger partial charge on any atom is -0.486 e. The van der Waals surface area contributed by atoms with Crippen molar-refractivity contribution in [2.45, 2.75) is 11.8 Å². The Bertz CT molecular complexity index is 642. The summed E-state index contributed by atoms with van der Waals surface area (Å²) in [5.41, 5.74) is 2.21. The Kier molecular flexibility index (Phi) is 3.66. The molecule has 0 N–H and O–H groups in total. The fraction of sp³-hybridized carbons (Fsp3) is 0.250. The van der Waals surface area contributed by atoms with Crippen molar-refractivity contribution in [1.82, 2.24) is 0 Å². The van der Waals surface area contributed by atoms with Gasteiger partial charge in [-0.1, -0.05) is 40.2 Å². The van der Waals surface area contributed by atoms with E-state index in [4.69, 9.17) is 9.47 Å². The predicted octanol–water partition coefficient (Wildman–Crippen LogP) is 4.39. The molecule has 4 heteroatoms. The van der Waals surface area contributed by atoms with Crippen LogP contribution in [0, 0.1) is 12.7 Å². The van der Waals surface area contributed by atoms with Crippen LogP contribution in [0.1, 0.15) is 21.5 Å². The molecule has 0 amide bonds. The number of benzene rings is 2. The lowest BCUT2D eigenvalue weighted by molar-refractivity contribution is 0.171. The summed E-state index contributed by atoms with van der Waals surface area (Å²) in [5.74, 6) is 1.28. The largest absolute Gasteiger partial charge is 0.486 e. The van der Waals surface area contributed by atoms with E-state index in [2.05, 4.69) is 15.9 Å². The van der Waals surface area contributed by atoms with E-state index in [1.165, 1.54) is 0 Å². The van der Waals surface area contributed by atoms with Crippen LogP contribution < -0.4 is 9.47 Å². The molecule has 1 atom stereocenters. The van der Waals surface area contributed by atoms with Gasteiger partial charge in [0.15, 0.2) is 11.5 Å². The molecule has 0 radical (unpaired) electrons. The maximum Gasteiger partial charge on any atom is 0.161 e. The minimum absolute atomic E-state index is 0.177. The smallest absolute Gasteiger partial charge is 0.161 e. The third-order valence-electron chi connectivity index (χ3n) is 3.35. The molecular formula is C16H14BrFO2. The fourth-order valence-corrected chi connectivity index (χ4v) is 2.90. The lowest BCUT2D eigenvalue weighted by Gasteiger charge is -2.20. The van der Waals surface area contributed by atoms with E-state index in [1.807, 2.05) is 24.3 Å². The lowest BCUT2D eigenvalue weighted by Crippen LogP contribution is -2.15. The molecule has 1 aliphatic rings. The lowest BCUT2D eigenvalue weighted by atomic mass is 10.0. The summed E-state index contributed by atoms with van der Waals surface area (Å²) < 4.78 is 25.2. The Balaban J connectivity index is 1.98. The number of halogens is 2. The van der Waals surface area contributed by atoms with Gasteiger partial charge in [0.05, 0.1) is 4.83 Å². The van der Waals surface area contributed by atoms with Gasteiger partial charge in [0.2, 0.25) is 0 Å². The normalized spacial score (nSPS) is 14.9. The highest BCUT2D eigenvalue weighted by Crippen LogP contribution is 2.38. The Morgan fingerprint density at radius 2 is 1.85 bits per heavy atom. The summed E-state index contributed by atoms with van der Waals surface area (Å²) in [5, 5.41) is 0. The molecule has 2 aromatic carbocycles. The highest BCUT2D eigenvalue weighted by molar-refractivity contribution is 9.09. The Morgan fingerprint density at radius 1 is 1.10 bits per heavy atom. The second-order valence-corrected chi connectivity index (χ2v) is 5.66. The van der Waals surface area contributed by atoms with Gasteiger partial charge in [0.25, 0.3) is 0 Å². The molecule has 1 unspecified atom stereocenters. The molecule has 104 valence electrons. The van der Waals surface area contributed by atoms with E-state index in [1.54, 1.807) is 19.1 Å². The number of alkyl halides is 1. The maximum absolute atomic E-state index is 14.2. The highest BCUT2D eigenvalue weighted by Gasteiger charge is 2.19. The molecule has 0 saturated heterocycles. The zero-order valence-electron chi connectivity index (χ0n) is 11.0. The Morgan fingerprint density at radius 3 is 2.65 bits per heavy atom. The van der Waals surface area contributed by atoms with E-state index in [9.17, 15) is 4.39 Å². The van der Waals surface area contributed by atoms with E-state index in [0.717, 1.165) is 11.3 Å². The zero-order valence-corrected chi connectivity index (χ0v) is 12.6. The van der Waals surface area contributed by atoms with Crippen LogP contribution >= 0.6 is 15.9 Å². The van der Waals surface area contributed by atoms with Gasteiger partial charge in [-0.25, -0.2) is 4.39 Å². The molecule has 1 heterocycles. The molecule has 1 aliphatic heterocycles. The van der Waals surface area contributed by atoms with Crippen molar-refractivity contribution in [2.24, 2.45) is 0 Å². The van der Waals surface area contributed by atoms with Gasteiger partial charge in [-0.2, -0.15) is 0 Å². The summed E-state index contributed by atoms with van der Waals surface area (Å²) in [6.07, 6.45) is 0. The van der Waals surface area contributed by atoms with E-state index >= 15 is 0 Å². The van der Waals surface area contributed by atoms with Gasteiger partial charge in [0, 0.05) is 5.56 Å². The molecule has 2 nitrogen and oxygen atoms in total. The van der Waals surface area contributed by atoms with Gasteiger partial charge < -0.3 is 9.47 Å². The third-order valence-corrected chi connectivity index (χ3v) is 4.38. The summed E-state index contributed by atoms with van der Waals surface area (Å²) in [6, 6.07) is 11.1.